The minimum atomic E-state index is -0.481. The minimum absolute atomic E-state index is 0.290. The van der Waals surface area contributed by atoms with Gasteiger partial charge in [-0.3, -0.25) is 20.4 Å². The van der Waals surface area contributed by atoms with Crippen LogP contribution >= 0.6 is 11.6 Å². The zero-order chi connectivity index (χ0) is 17.1. The summed E-state index contributed by atoms with van der Waals surface area (Å²) in [6.45, 7) is 2.18. The van der Waals surface area contributed by atoms with Gasteiger partial charge < -0.3 is 4.42 Å². The van der Waals surface area contributed by atoms with Crippen LogP contribution in [0.4, 0.5) is 0 Å². The van der Waals surface area contributed by atoms with Gasteiger partial charge in [-0.25, -0.2) is 0 Å². The first-order valence-corrected chi connectivity index (χ1v) is 8.05. The zero-order valence-electron chi connectivity index (χ0n) is 13.1. The van der Waals surface area contributed by atoms with E-state index in [1.807, 2.05) is 12.1 Å². The molecule has 0 radical (unpaired) electrons. The van der Waals surface area contributed by atoms with Gasteiger partial charge >= 0.3 is 0 Å². The van der Waals surface area contributed by atoms with Crippen molar-refractivity contribution >= 4 is 29.5 Å². The van der Waals surface area contributed by atoms with Gasteiger partial charge in [0.15, 0.2) is 0 Å². The summed E-state index contributed by atoms with van der Waals surface area (Å²) in [6, 6.07) is 10.4. The maximum absolute atomic E-state index is 11.9. The summed E-state index contributed by atoms with van der Waals surface area (Å²) in [6.07, 6.45) is 4.00. The van der Waals surface area contributed by atoms with E-state index in [0.29, 0.717) is 22.6 Å². The third-order valence-electron chi connectivity index (χ3n) is 3.94. The molecule has 0 saturated heterocycles. The van der Waals surface area contributed by atoms with E-state index >= 15 is 0 Å². The number of halogens is 1. The first kappa shape index (κ1) is 16.3. The van der Waals surface area contributed by atoms with Crippen LogP contribution in [-0.2, 0) is 4.79 Å². The van der Waals surface area contributed by atoms with Crippen molar-refractivity contribution in [2.45, 2.75) is 19.3 Å². The molecule has 0 bridgehead atoms. The van der Waals surface area contributed by atoms with Crippen LogP contribution in [0.25, 0.3) is 6.08 Å². The van der Waals surface area contributed by atoms with Gasteiger partial charge in [-0.1, -0.05) is 30.7 Å². The largest absolute Gasteiger partial charge is 0.461 e. The van der Waals surface area contributed by atoms with Crippen LogP contribution in [0.5, 0.6) is 0 Å². The van der Waals surface area contributed by atoms with E-state index in [-0.39, 0.29) is 5.56 Å². The normalized spacial score (nSPS) is 19.2. The van der Waals surface area contributed by atoms with Crippen molar-refractivity contribution in [2.75, 3.05) is 0 Å². The third-order valence-corrected chi connectivity index (χ3v) is 4.27. The third kappa shape index (κ3) is 3.86. The number of hydrogen-bond donors (Lipinski definition) is 2. The Balaban J connectivity index is 1.51. The fourth-order valence-corrected chi connectivity index (χ4v) is 2.63. The topological polar surface area (TPSA) is 71.3 Å². The van der Waals surface area contributed by atoms with E-state index in [1.165, 1.54) is 6.08 Å². The molecule has 6 heteroatoms. The van der Waals surface area contributed by atoms with Crippen LogP contribution < -0.4 is 10.9 Å². The average molecular weight is 345 g/mol. The molecule has 1 heterocycles. The molecule has 3 rings (SSSR count). The van der Waals surface area contributed by atoms with Crippen molar-refractivity contribution in [3.8, 4) is 0 Å². The smallest absolute Gasteiger partial charge is 0.271 e. The van der Waals surface area contributed by atoms with Gasteiger partial charge in [-0.2, -0.15) is 0 Å². The predicted molar refractivity (Wildman–Crippen MR) is 91.3 cm³/mol. The van der Waals surface area contributed by atoms with Crippen molar-refractivity contribution in [3.05, 3.63) is 64.6 Å². The number of carbonyl (C=O) groups excluding carboxylic acids is 2. The second-order valence-corrected chi connectivity index (χ2v) is 6.22. The van der Waals surface area contributed by atoms with Gasteiger partial charge in [0.05, 0.1) is 10.6 Å². The first-order chi connectivity index (χ1) is 11.5. The van der Waals surface area contributed by atoms with E-state index in [4.69, 9.17) is 16.0 Å². The molecule has 2 unspecified atom stereocenters. The second-order valence-electron chi connectivity index (χ2n) is 5.82. The highest BCUT2D eigenvalue weighted by Crippen LogP contribution is 2.47. The summed E-state index contributed by atoms with van der Waals surface area (Å²) in [5, 5.41) is 0.317. The molecule has 0 spiro atoms. The van der Waals surface area contributed by atoms with Gasteiger partial charge in [0.2, 0.25) is 0 Å². The highest BCUT2D eigenvalue weighted by molar-refractivity contribution is 6.33. The molecule has 1 aliphatic carbocycles. The number of hydrazine groups is 1. The Kier molecular flexibility index (Phi) is 4.71. The van der Waals surface area contributed by atoms with Crippen molar-refractivity contribution in [2.24, 2.45) is 5.92 Å². The van der Waals surface area contributed by atoms with E-state index in [2.05, 4.69) is 17.8 Å². The second kappa shape index (κ2) is 6.93. The number of benzene rings is 1. The summed E-state index contributed by atoms with van der Waals surface area (Å²) >= 11 is 5.92. The van der Waals surface area contributed by atoms with Crippen LogP contribution in [0.2, 0.25) is 5.02 Å². The van der Waals surface area contributed by atoms with Gasteiger partial charge in [0.1, 0.15) is 11.5 Å². The Morgan fingerprint density at radius 2 is 1.96 bits per heavy atom. The van der Waals surface area contributed by atoms with Crippen LogP contribution in [-0.4, -0.2) is 11.8 Å². The van der Waals surface area contributed by atoms with Gasteiger partial charge in [0, 0.05) is 12.0 Å². The Morgan fingerprint density at radius 3 is 2.67 bits per heavy atom. The first-order valence-electron chi connectivity index (χ1n) is 7.67. The fourth-order valence-electron chi connectivity index (χ4n) is 2.41. The number of carbonyl (C=O) groups is 2. The summed E-state index contributed by atoms with van der Waals surface area (Å²) in [5.41, 5.74) is 4.90. The highest BCUT2D eigenvalue weighted by atomic mass is 35.5. The van der Waals surface area contributed by atoms with Crippen molar-refractivity contribution in [3.63, 3.8) is 0 Å². The molecule has 24 heavy (non-hydrogen) atoms. The fraction of sp³-hybridized carbons (Fsp3) is 0.222. The number of hydrogen-bond acceptors (Lipinski definition) is 3. The molecule has 2 aromatic rings. The molecule has 1 aromatic heterocycles. The molecule has 5 nitrogen and oxygen atoms in total. The summed E-state index contributed by atoms with van der Waals surface area (Å²) < 4.78 is 5.67. The van der Waals surface area contributed by atoms with Crippen LogP contribution in [0.3, 0.4) is 0 Å². The zero-order valence-corrected chi connectivity index (χ0v) is 13.8. The Hall–Kier alpha value is -2.53. The predicted octanol–water partition coefficient (Wildman–Crippen LogP) is 3.53. The summed E-state index contributed by atoms with van der Waals surface area (Å²) in [7, 11) is 0. The van der Waals surface area contributed by atoms with Crippen molar-refractivity contribution in [1.82, 2.24) is 10.9 Å². The number of amides is 2. The lowest BCUT2D eigenvalue weighted by Gasteiger charge is -2.06. The van der Waals surface area contributed by atoms with Crippen molar-refractivity contribution in [1.29, 1.82) is 0 Å². The van der Waals surface area contributed by atoms with Gasteiger partial charge in [0.25, 0.3) is 11.8 Å². The minimum Gasteiger partial charge on any atom is -0.461 e. The lowest BCUT2D eigenvalue weighted by atomic mass is 10.2. The molecule has 124 valence electrons. The SMILES string of the molecule is CC1CC1c1ccc(/C=C/C(=O)NNC(=O)c2ccccc2Cl)o1. The Bertz CT molecular complexity index is 797. The van der Waals surface area contributed by atoms with Crippen LogP contribution in [0, 0.1) is 5.92 Å². The maximum atomic E-state index is 11.9. The molecular weight excluding hydrogens is 328 g/mol. The number of rotatable bonds is 4. The molecule has 1 aromatic carbocycles. The molecule has 1 saturated carbocycles. The molecule has 1 fully saturated rings. The molecule has 1 aliphatic rings. The number of furan rings is 1. The molecule has 2 amide bonds. The molecule has 2 atom stereocenters. The monoisotopic (exact) mass is 344 g/mol. The van der Waals surface area contributed by atoms with E-state index in [9.17, 15) is 9.59 Å². The molecule has 2 N–H and O–H groups in total. The van der Waals surface area contributed by atoms with E-state index in [1.54, 1.807) is 30.3 Å². The lowest BCUT2D eigenvalue weighted by molar-refractivity contribution is -0.117. The van der Waals surface area contributed by atoms with E-state index < -0.39 is 11.8 Å². The van der Waals surface area contributed by atoms with Crippen LogP contribution in [0.1, 0.15) is 41.1 Å². The number of nitrogens with one attached hydrogen (secondary N) is 2. The average Bonchev–Trinajstić information content (AvgIpc) is 3.11. The lowest BCUT2D eigenvalue weighted by Crippen LogP contribution is -2.40. The Morgan fingerprint density at radius 1 is 1.21 bits per heavy atom. The van der Waals surface area contributed by atoms with Gasteiger partial charge in [-0.05, 0) is 42.7 Å². The van der Waals surface area contributed by atoms with Gasteiger partial charge in [-0.15, -0.1) is 0 Å². The maximum Gasteiger partial charge on any atom is 0.271 e. The van der Waals surface area contributed by atoms with Crippen LogP contribution in [0.15, 0.2) is 46.9 Å². The summed E-state index contributed by atoms with van der Waals surface area (Å²) in [5.74, 6) is 1.77. The van der Waals surface area contributed by atoms with Crippen molar-refractivity contribution < 1.29 is 14.0 Å². The Labute approximate surface area is 144 Å². The van der Waals surface area contributed by atoms with E-state index in [0.717, 1.165) is 12.2 Å². The standard InChI is InChI=1S/C18H17ClN2O3/c1-11-10-14(11)16-8-6-12(24-16)7-9-17(22)20-21-18(23)13-4-2-3-5-15(13)19/h2-9,11,14H,10H2,1H3,(H,20,22)(H,21,23)/b9-7+. The highest BCUT2D eigenvalue weighted by Gasteiger charge is 2.36. The summed E-state index contributed by atoms with van der Waals surface area (Å²) in [4.78, 5) is 23.7. The quantitative estimate of drug-likeness (QED) is 0.658. The molecule has 0 aliphatic heterocycles. The molecular formula is C18H17ClN2O3.